The largest absolute Gasteiger partial charge is 0.388 e. The molecule has 3 heteroatoms. The molecule has 3 nitrogen and oxygen atoms in total. The van der Waals surface area contributed by atoms with Crippen LogP contribution in [-0.2, 0) is 4.74 Å². The summed E-state index contributed by atoms with van der Waals surface area (Å²) >= 11 is 0. The maximum absolute atomic E-state index is 10.6. The normalized spacial score (nSPS) is 31.9. The molecule has 0 aromatic carbocycles. The molecule has 1 atom stereocenters. The van der Waals surface area contributed by atoms with Crippen molar-refractivity contribution in [2.45, 2.75) is 58.5 Å². The maximum Gasteiger partial charge on any atom is 0.0858 e. The molecule has 104 valence electrons. The van der Waals surface area contributed by atoms with Gasteiger partial charge in [0.15, 0.2) is 0 Å². The van der Waals surface area contributed by atoms with Gasteiger partial charge in [0.05, 0.1) is 17.1 Å². The molecule has 1 aliphatic carbocycles. The van der Waals surface area contributed by atoms with Crippen LogP contribution in [0.2, 0.25) is 0 Å². The number of rotatable bonds is 5. The van der Waals surface area contributed by atoms with Crippen LogP contribution in [0.15, 0.2) is 0 Å². The fourth-order valence-electron chi connectivity index (χ4n) is 3.11. The number of aliphatic hydroxyl groups is 1. The number of ether oxygens (including phenoxy) is 1. The molecule has 0 amide bonds. The van der Waals surface area contributed by atoms with E-state index in [0.29, 0.717) is 24.9 Å². The highest BCUT2D eigenvalue weighted by molar-refractivity contribution is 5.11. The first-order valence-electron chi connectivity index (χ1n) is 7.01. The first-order chi connectivity index (χ1) is 8.38. The molecule has 1 rings (SSSR count). The van der Waals surface area contributed by atoms with Gasteiger partial charge in [0.25, 0.3) is 0 Å². The molecule has 0 saturated heterocycles. The number of nitrogens with zero attached hydrogens (tertiary/aromatic N) is 1. The van der Waals surface area contributed by atoms with Crippen LogP contribution in [0, 0.1) is 28.6 Å². The minimum absolute atomic E-state index is 0.504. The van der Waals surface area contributed by atoms with Crippen LogP contribution in [-0.4, -0.2) is 24.4 Å². The van der Waals surface area contributed by atoms with Crippen molar-refractivity contribution in [1.82, 2.24) is 0 Å². The molecule has 0 bridgehead atoms. The Morgan fingerprint density at radius 2 is 2.00 bits per heavy atom. The third-order valence-electron chi connectivity index (χ3n) is 4.86. The third kappa shape index (κ3) is 3.05. The molecular formula is C15H27NO2. The average Bonchev–Trinajstić information content (AvgIpc) is 2.36. The van der Waals surface area contributed by atoms with Gasteiger partial charge < -0.3 is 9.84 Å². The van der Waals surface area contributed by atoms with Crippen molar-refractivity contribution in [2.75, 3.05) is 13.7 Å². The van der Waals surface area contributed by atoms with Gasteiger partial charge in [-0.2, -0.15) is 5.26 Å². The second-order valence-corrected chi connectivity index (χ2v) is 6.29. The second kappa shape index (κ2) is 6.04. The van der Waals surface area contributed by atoms with E-state index in [9.17, 15) is 10.4 Å². The molecule has 1 unspecified atom stereocenters. The second-order valence-electron chi connectivity index (χ2n) is 6.29. The van der Waals surface area contributed by atoms with E-state index in [1.54, 1.807) is 14.0 Å². The van der Waals surface area contributed by atoms with Gasteiger partial charge in [-0.3, -0.25) is 0 Å². The summed E-state index contributed by atoms with van der Waals surface area (Å²) in [6, 6.07) is 2.42. The quantitative estimate of drug-likeness (QED) is 0.819. The fourth-order valence-corrected chi connectivity index (χ4v) is 3.11. The first-order valence-corrected chi connectivity index (χ1v) is 7.01. The Kier molecular flexibility index (Phi) is 5.19. The lowest BCUT2D eigenvalue weighted by atomic mass is 9.60. The molecule has 1 aliphatic rings. The lowest BCUT2D eigenvalue weighted by Crippen LogP contribution is -2.48. The molecular weight excluding hydrogens is 226 g/mol. The maximum atomic E-state index is 10.6. The Hall–Kier alpha value is -0.590. The monoisotopic (exact) mass is 253 g/mol. The van der Waals surface area contributed by atoms with Crippen molar-refractivity contribution in [2.24, 2.45) is 17.3 Å². The Labute approximate surface area is 111 Å². The van der Waals surface area contributed by atoms with Crippen LogP contribution < -0.4 is 0 Å². The number of hydrogen-bond acceptors (Lipinski definition) is 3. The molecule has 0 heterocycles. The van der Waals surface area contributed by atoms with E-state index in [2.05, 4.69) is 19.9 Å². The van der Waals surface area contributed by atoms with E-state index in [-0.39, 0.29) is 0 Å². The Bertz CT molecular complexity index is 296. The van der Waals surface area contributed by atoms with E-state index in [0.717, 1.165) is 25.7 Å². The first kappa shape index (κ1) is 15.5. The predicted octanol–water partition coefficient (Wildman–Crippen LogP) is 3.13. The molecule has 1 saturated carbocycles. The van der Waals surface area contributed by atoms with Gasteiger partial charge in [0.1, 0.15) is 0 Å². The van der Waals surface area contributed by atoms with Crippen molar-refractivity contribution in [1.29, 1.82) is 5.26 Å². The SMILES string of the molecule is COCCC(C)(O)C1(C#N)CCC(C(C)C)CC1. The van der Waals surface area contributed by atoms with Crippen LogP contribution >= 0.6 is 0 Å². The molecule has 1 fully saturated rings. The summed E-state index contributed by atoms with van der Waals surface area (Å²) in [4.78, 5) is 0. The van der Waals surface area contributed by atoms with Crippen LogP contribution in [0.3, 0.4) is 0 Å². The van der Waals surface area contributed by atoms with E-state index in [1.807, 2.05) is 0 Å². The van der Waals surface area contributed by atoms with Gasteiger partial charge in [-0.15, -0.1) is 0 Å². The van der Waals surface area contributed by atoms with Crippen LogP contribution in [0.25, 0.3) is 0 Å². The van der Waals surface area contributed by atoms with Crippen LogP contribution in [0.5, 0.6) is 0 Å². The van der Waals surface area contributed by atoms with Gasteiger partial charge in [-0.1, -0.05) is 13.8 Å². The lowest BCUT2D eigenvalue weighted by molar-refractivity contribution is -0.0821. The zero-order valence-electron chi connectivity index (χ0n) is 12.2. The van der Waals surface area contributed by atoms with Crippen molar-refractivity contribution >= 4 is 0 Å². The zero-order chi connectivity index (χ0) is 13.8. The Balaban J connectivity index is 2.74. The van der Waals surface area contributed by atoms with Crippen LogP contribution in [0.4, 0.5) is 0 Å². The predicted molar refractivity (Wildman–Crippen MR) is 72.0 cm³/mol. The topological polar surface area (TPSA) is 53.2 Å². The summed E-state index contributed by atoms with van der Waals surface area (Å²) in [6.07, 6.45) is 4.25. The van der Waals surface area contributed by atoms with Crippen molar-refractivity contribution in [3.8, 4) is 6.07 Å². The molecule has 0 aliphatic heterocycles. The van der Waals surface area contributed by atoms with Gasteiger partial charge >= 0.3 is 0 Å². The highest BCUT2D eigenvalue weighted by atomic mass is 16.5. The smallest absolute Gasteiger partial charge is 0.0858 e. The summed E-state index contributed by atoms with van der Waals surface area (Å²) in [5.74, 6) is 1.37. The molecule has 0 aromatic heterocycles. The Morgan fingerprint density at radius 1 is 1.44 bits per heavy atom. The van der Waals surface area contributed by atoms with E-state index < -0.39 is 11.0 Å². The summed E-state index contributed by atoms with van der Waals surface area (Å²) < 4.78 is 5.05. The van der Waals surface area contributed by atoms with Crippen molar-refractivity contribution in [3.05, 3.63) is 0 Å². The summed E-state index contributed by atoms with van der Waals surface area (Å²) in [6.45, 7) is 6.79. The third-order valence-corrected chi connectivity index (χ3v) is 4.86. The summed E-state index contributed by atoms with van der Waals surface area (Å²) in [5.41, 5.74) is -1.53. The summed E-state index contributed by atoms with van der Waals surface area (Å²) in [7, 11) is 1.63. The standard InChI is InChI=1S/C15H27NO2/c1-12(2)13-5-7-15(11-16,8-6-13)14(3,17)9-10-18-4/h12-13,17H,5-10H2,1-4H3. The van der Waals surface area contributed by atoms with E-state index in [4.69, 9.17) is 4.74 Å². The molecule has 1 N–H and O–H groups in total. The number of hydrogen-bond donors (Lipinski definition) is 1. The molecule has 0 aromatic rings. The van der Waals surface area contributed by atoms with Crippen molar-refractivity contribution in [3.63, 3.8) is 0 Å². The molecule has 0 spiro atoms. The zero-order valence-corrected chi connectivity index (χ0v) is 12.2. The van der Waals surface area contributed by atoms with Crippen molar-refractivity contribution < 1.29 is 9.84 Å². The highest BCUT2D eigenvalue weighted by Gasteiger charge is 2.49. The number of nitriles is 1. The average molecular weight is 253 g/mol. The minimum Gasteiger partial charge on any atom is -0.388 e. The van der Waals surface area contributed by atoms with Gasteiger partial charge in [0.2, 0.25) is 0 Å². The molecule has 0 radical (unpaired) electrons. The van der Waals surface area contributed by atoms with Gasteiger partial charge in [-0.25, -0.2) is 0 Å². The van der Waals surface area contributed by atoms with E-state index >= 15 is 0 Å². The number of methoxy groups -OCH3 is 1. The highest BCUT2D eigenvalue weighted by Crippen LogP contribution is 2.48. The summed E-state index contributed by atoms with van der Waals surface area (Å²) in [5, 5.41) is 20.2. The Morgan fingerprint density at radius 3 is 2.39 bits per heavy atom. The van der Waals surface area contributed by atoms with Gasteiger partial charge in [-0.05, 0) is 44.4 Å². The minimum atomic E-state index is -0.945. The lowest BCUT2D eigenvalue weighted by Gasteiger charge is -2.45. The molecule has 18 heavy (non-hydrogen) atoms. The fraction of sp³-hybridized carbons (Fsp3) is 0.933. The van der Waals surface area contributed by atoms with Crippen LogP contribution in [0.1, 0.15) is 52.9 Å². The van der Waals surface area contributed by atoms with Gasteiger partial charge in [0, 0.05) is 20.1 Å². The van der Waals surface area contributed by atoms with E-state index in [1.165, 1.54) is 0 Å².